The number of Topliss-reactive ketones (excluding diaryl/α,β-unsaturated/α-hetero) is 1. The van der Waals surface area contributed by atoms with Gasteiger partial charge in [0, 0.05) is 13.5 Å². The number of nitrogens with zero attached hydrogens (tertiary/aromatic N) is 1. The molecule has 1 fully saturated rings. The van der Waals surface area contributed by atoms with Crippen LogP contribution in [0.2, 0.25) is 0 Å². The van der Waals surface area contributed by atoms with Crippen molar-refractivity contribution < 1.29 is 19.1 Å². The first-order valence-corrected chi connectivity index (χ1v) is 5.97. The number of carbonyl (C=O) groups is 3. The lowest BCUT2D eigenvalue weighted by atomic mass is 10.0. The number of piperidine rings is 1. The first kappa shape index (κ1) is 14.5. The Hall–Kier alpha value is -1.59. The number of likely N-dealkylation sites (tertiary alicyclic amines) is 1. The number of carbonyl (C=O) groups excluding carboxylic acids is 3. The van der Waals surface area contributed by atoms with Gasteiger partial charge in [-0.3, -0.25) is 9.59 Å². The van der Waals surface area contributed by atoms with E-state index in [1.165, 1.54) is 11.8 Å². The summed E-state index contributed by atoms with van der Waals surface area (Å²) < 4.78 is 5.19. The van der Waals surface area contributed by atoms with E-state index in [0.29, 0.717) is 13.0 Å². The van der Waals surface area contributed by atoms with E-state index in [0.717, 1.165) is 0 Å². The zero-order chi connectivity index (χ0) is 13.9. The van der Waals surface area contributed by atoms with Crippen molar-refractivity contribution in [1.29, 1.82) is 0 Å². The van der Waals surface area contributed by atoms with Crippen LogP contribution in [0.4, 0.5) is 4.79 Å². The molecule has 1 heterocycles. The minimum Gasteiger partial charge on any atom is -0.444 e. The zero-order valence-electron chi connectivity index (χ0n) is 11.3. The van der Waals surface area contributed by atoms with Crippen LogP contribution in [0.1, 0.15) is 34.1 Å². The molecule has 18 heavy (non-hydrogen) atoms. The normalized spacial score (nSPS) is 20.6. The summed E-state index contributed by atoms with van der Waals surface area (Å²) in [5.74, 6) is -0.402. The van der Waals surface area contributed by atoms with Crippen molar-refractivity contribution in [2.75, 3.05) is 13.1 Å². The molecule has 102 valence electrons. The highest BCUT2D eigenvalue weighted by atomic mass is 16.6. The zero-order valence-corrected chi connectivity index (χ0v) is 11.3. The maximum Gasteiger partial charge on any atom is 0.410 e. The van der Waals surface area contributed by atoms with Crippen molar-refractivity contribution in [3.8, 4) is 0 Å². The monoisotopic (exact) mass is 256 g/mol. The van der Waals surface area contributed by atoms with Crippen LogP contribution in [0.25, 0.3) is 0 Å². The van der Waals surface area contributed by atoms with Gasteiger partial charge < -0.3 is 15.0 Å². The summed E-state index contributed by atoms with van der Waals surface area (Å²) in [6, 6.07) is -0.485. The predicted octanol–water partition coefficient (Wildman–Crippen LogP) is 0.701. The summed E-state index contributed by atoms with van der Waals surface area (Å²) >= 11 is 0. The number of ketones is 1. The Kier molecular flexibility index (Phi) is 4.32. The molecule has 6 nitrogen and oxygen atoms in total. The molecule has 1 atom stereocenters. The lowest BCUT2D eigenvalue weighted by Gasteiger charge is -2.32. The minimum atomic E-state index is -0.575. The second-order valence-electron chi connectivity index (χ2n) is 5.41. The van der Waals surface area contributed by atoms with E-state index in [1.54, 1.807) is 20.8 Å². The third kappa shape index (κ3) is 4.35. The molecule has 1 rings (SSSR count). The van der Waals surface area contributed by atoms with Crippen molar-refractivity contribution in [1.82, 2.24) is 10.2 Å². The molecule has 1 N–H and O–H groups in total. The van der Waals surface area contributed by atoms with E-state index >= 15 is 0 Å². The van der Waals surface area contributed by atoms with Crippen LogP contribution in [-0.2, 0) is 14.3 Å². The molecular weight excluding hydrogens is 236 g/mol. The Bertz CT molecular complexity index is 360. The van der Waals surface area contributed by atoms with E-state index in [-0.39, 0.29) is 18.2 Å². The molecule has 0 radical (unpaired) electrons. The fourth-order valence-corrected chi connectivity index (χ4v) is 1.70. The lowest BCUT2D eigenvalue weighted by Crippen LogP contribution is -2.53. The number of ether oxygens (including phenoxy) is 1. The van der Waals surface area contributed by atoms with E-state index < -0.39 is 17.7 Å². The van der Waals surface area contributed by atoms with Crippen LogP contribution in [0.3, 0.4) is 0 Å². The molecule has 2 amide bonds. The summed E-state index contributed by atoms with van der Waals surface area (Å²) in [5.41, 5.74) is -0.575. The van der Waals surface area contributed by atoms with Crippen LogP contribution < -0.4 is 5.32 Å². The topological polar surface area (TPSA) is 75.7 Å². The van der Waals surface area contributed by atoms with Gasteiger partial charge >= 0.3 is 6.09 Å². The van der Waals surface area contributed by atoms with E-state index in [1.807, 2.05) is 0 Å². The summed E-state index contributed by atoms with van der Waals surface area (Å²) in [6.07, 6.45) is -0.0605. The lowest BCUT2D eigenvalue weighted by molar-refractivity contribution is -0.129. The van der Waals surface area contributed by atoms with Gasteiger partial charge in [-0.05, 0) is 27.2 Å². The van der Waals surface area contributed by atoms with Gasteiger partial charge in [0.05, 0.1) is 12.6 Å². The summed E-state index contributed by atoms with van der Waals surface area (Å²) in [7, 11) is 0. The van der Waals surface area contributed by atoms with Gasteiger partial charge in [-0.15, -0.1) is 0 Å². The van der Waals surface area contributed by atoms with Gasteiger partial charge in [0.1, 0.15) is 5.60 Å². The number of hydrogen-bond donors (Lipinski definition) is 1. The van der Waals surface area contributed by atoms with E-state index in [2.05, 4.69) is 5.32 Å². The molecule has 1 unspecified atom stereocenters. The predicted molar refractivity (Wildman–Crippen MR) is 65.0 cm³/mol. The van der Waals surface area contributed by atoms with Crippen molar-refractivity contribution in [3.05, 3.63) is 0 Å². The Labute approximate surface area is 107 Å². The van der Waals surface area contributed by atoms with Gasteiger partial charge in [-0.1, -0.05) is 0 Å². The second-order valence-corrected chi connectivity index (χ2v) is 5.41. The largest absolute Gasteiger partial charge is 0.444 e. The maximum absolute atomic E-state index is 11.8. The fourth-order valence-electron chi connectivity index (χ4n) is 1.70. The van der Waals surface area contributed by atoms with Crippen LogP contribution in [0.5, 0.6) is 0 Å². The quantitative estimate of drug-likeness (QED) is 0.749. The van der Waals surface area contributed by atoms with Crippen molar-refractivity contribution in [3.63, 3.8) is 0 Å². The molecule has 1 aliphatic rings. The fraction of sp³-hybridized carbons (Fsp3) is 0.750. The molecule has 0 saturated carbocycles. The smallest absolute Gasteiger partial charge is 0.410 e. The van der Waals surface area contributed by atoms with Crippen molar-refractivity contribution in [2.24, 2.45) is 0 Å². The molecule has 0 spiro atoms. The number of hydrogen-bond acceptors (Lipinski definition) is 4. The Morgan fingerprint density at radius 2 is 2.00 bits per heavy atom. The highest BCUT2D eigenvalue weighted by molar-refractivity contribution is 5.92. The van der Waals surface area contributed by atoms with Crippen LogP contribution in [0, 0.1) is 0 Å². The number of amides is 2. The second kappa shape index (κ2) is 5.37. The number of nitrogens with one attached hydrogen (secondary N) is 1. The third-order valence-corrected chi connectivity index (χ3v) is 2.45. The Balaban J connectivity index is 2.53. The molecular formula is C12H20N2O4. The minimum absolute atomic E-state index is 0.0140. The SMILES string of the molecule is CC(=O)NC1CCN(C(=O)OC(C)(C)C)CC1=O. The third-order valence-electron chi connectivity index (χ3n) is 2.45. The molecule has 0 aliphatic carbocycles. The Morgan fingerprint density at radius 1 is 1.39 bits per heavy atom. The van der Waals surface area contributed by atoms with Gasteiger partial charge in [0.25, 0.3) is 0 Å². The molecule has 0 aromatic carbocycles. The van der Waals surface area contributed by atoms with Crippen molar-refractivity contribution in [2.45, 2.75) is 45.8 Å². The highest BCUT2D eigenvalue weighted by Crippen LogP contribution is 2.13. The first-order chi connectivity index (χ1) is 8.19. The van der Waals surface area contributed by atoms with Crippen LogP contribution in [0.15, 0.2) is 0 Å². The molecule has 0 bridgehead atoms. The average molecular weight is 256 g/mol. The van der Waals surface area contributed by atoms with Crippen LogP contribution in [-0.4, -0.2) is 47.4 Å². The highest BCUT2D eigenvalue weighted by Gasteiger charge is 2.32. The van der Waals surface area contributed by atoms with Gasteiger partial charge in [-0.25, -0.2) is 4.79 Å². The average Bonchev–Trinajstić information content (AvgIpc) is 2.17. The first-order valence-electron chi connectivity index (χ1n) is 5.97. The van der Waals surface area contributed by atoms with Gasteiger partial charge in [0.2, 0.25) is 5.91 Å². The summed E-state index contributed by atoms with van der Waals surface area (Å²) in [4.78, 5) is 35.8. The molecule has 0 aromatic heterocycles. The van der Waals surface area contributed by atoms with E-state index in [9.17, 15) is 14.4 Å². The summed E-state index contributed by atoms with van der Waals surface area (Å²) in [6.45, 7) is 7.09. The number of rotatable bonds is 1. The molecule has 1 saturated heterocycles. The van der Waals surface area contributed by atoms with Gasteiger partial charge in [-0.2, -0.15) is 0 Å². The van der Waals surface area contributed by atoms with Crippen molar-refractivity contribution >= 4 is 17.8 Å². The standard InChI is InChI=1S/C12H20N2O4/c1-8(15)13-9-5-6-14(7-10(9)16)11(17)18-12(2,3)4/h9H,5-7H2,1-4H3,(H,13,15). The van der Waals surface area contributed by atoms with Gasteiger partial charge in [0.15, 0.2) is 5.78 Å². The maximum atomic E-state index is 11.8. The molecule has 1 aliphatic heterocycles. The molecule has 0 aromatic rings. The van der Waals surface area contributed by atoms with Crippen LogP contribution >= 0.6 is 0 Å². The summed E-state index contributed by atoms with van der Waals surface area (Å²) in [5, 5.41) is 2.57. The van der Waals surface area contributed by atoms with E-state index in [4.69, 9.17) is 4.74 Å². The molecule has 6 heteroatoms. The Morgan fingerprint density at radius 3 is 2.44 bits per heavy atom.